The van der Waals surface area contributed by atoms with Gasteiger partial charge in [-0.05, 0) is 29.8 Å². The van der Waals surface area contributed by atoms with E-state index in [1.54, 1.807) is 18.3 Å². The lowest BCUT2D eigenvalue weighted by atomic mass is 10.2. The Labute approximate surface area is 150 Å². The van der Waals surface area contributed by atoms with E-state index in [0.29, 0.717) is 5.56 Å². The molecule has 3 aromatic heterocycles. The van der Waals surface area contributed by atoms with E-state index in [1.165, 1.54) is 6.07 Å². The summed E-state index contributed by atoms with van der Waals surface area (Å²) in [4.78, 5) is 27.7. The van der Waals surface area contributed by atoms with Crippen molar-refractivity contribution in [1.29, 1.82) is 5.26 Å². The third-order valence-corrected chi connectivity index (χ3v) is 4.61. The van der Waals surface area contributed by atoms with Crippen LogP contribution in [-0.4, -0.2) is 46.0 Å². The molecule has 26 heavy (non-hydrogen) atoms. The van der Waals surface area contributed by atoms with E-state index in [2.05, 4.69) is 30.8 Å². The molecule has 0 spiro atoms. The van der Waals surface area contributed by atoms with Gasteiger partial charge in [-0.3, -0.25) is 14.7 Å². The van der Waals surface area contributed by atoms with Gasteiger partial charge in [0, 0.05) is 51.2 Å². The SMILES string of the molecule is N#Cc1ccc(N2CCN(Cc3cnc4ccc(=O)[nH]c4c3)CC2)nc1. The quantitative estimate of drug-likeness (QED) is 0.773. The smallest absolute Gasteiger partial charge is 0.248 e. The molecule has 0 saturated carbocycles. The van der Waals surface area contributed by atoms with Gasteiger partial charge >= 0.3 is 0 Å². The molecule has 0 unspecified atom stereocenters. The lowest BCUT2D eigenvalue weighted by molar-refractivity contribution is 0.249. The number of pyridine rings is 3. The van der Waals surface area contributed by atoms with Crippen molar-refractivity contribution in [2.75, 3.05) is 31.1 Å². The summed E-state index contributed by atoms with van der Waals surface area (Å²) in [5.41, 5.74) is 3.12. The molecule has 0 atom stereocenters. The van der Waals surface area contributed by atoms with Gasteiger partial charge in [-0.15, -0.1) is 0 Å². The summed E-state index contributed by atoms with van der Waals surface area (Å²) in [5, 5.41) is 8.86. The zero-order chi connectivity index (χ0) is 17.9. The molecule has 3 aromatic rings. The second-order valence-electron chi connectivity index (χ2n) is 6.38. The highest BCUT2D eigenvalue weighted by molar-refractivity contribution is 5.73. The highest BCUT2D eigenvalue weighted by Gasteiger charge is 2.18. The average Bonchev–Trinajstić information content (AvgIpc) is 2.68. The second kappa shape index (κ2) is 6.94. The summed E-state index contributed by atoms with van der Waals surface area (Å²) in [7, 11) is 0. The van der Waals surface area contributed by atoms with E-state index < -0.39 is 0 Å². The third-order valence-electron chi connectivity index (χ3n) is 4.61. The van der Waals surface area contributed by atoms with Crippen molar-refractivity contribution < 1.29 is 0 Å². The summed E-state index contributed by atoms with van der Waals surface area (Å²) in [6.07, 6.45) is 3.48. The van der Waals surface area contributed by atoms with Crippen LogP contribution in [-0.2, 0) is 6.54 Å². The minimum atomic E-state index is -0.111. The van der Waals surface area contributed by atoms with Gasteiger partial charge in [-0.2, -0.15) is 5.26 Å². The first-order valence-electron chi connectivity index (χ1n) is 8.53. The number of aromatic amines is 1. The monoisotopic (exact) mass is 346 g/mol. The molecule has 1 fully saturated rings. The average molecular weight is 346 g/mol. The minimum absolute atomic E-state index is 0.111. The predicted molar refractivity (Wildman–Crippen MR) is 98.8 cm³/mol. The summed E-state index contributed by atoms with van der Waals surface area (Å²) in [6, 6.07) is 11.0. The number of nitrogens with zero attached hydrogens (tertiary/aromatic N) is 5. The Morgan fingerprint density at radius 3 is 2.65 bits per heavy atom. The van der Waals surface area contributed by atoms with Crippen molar-refractivity contribution in [1.82, 2.24) is 19.9 Å². The molecule has 0 radical (unpaired) electrons. The van der Waals surface area contributed by atoms with Crippen molar-refractivity contribution in [3.8, 4) is 6.07 Å². The van der Waals surface area contributed by atoms with Crippen LogP contribution in [0.15, 0.2) is 47.5 Å². The topological polar surface area (TPSA) is 88.9 Å². The standard InChI is InChI=1S/C19H18N6O/c20-10-14-1-3-18(22-11-14)25-7-5-24(6-8-25)13-15-9-17-16(21-12-15)2-4-19(26)23-17/h1-4,9,11-12H,5-8,13H2,(H,23,26). The van der Waals surface area contributed by atoms with E-state index in [1.807, 2.05) is 18.3 Å². The van der Waals surface area contributed by atoms with Gasteiger partial charge in [0.15, 0.2) is 0 Å². The summed E-state index contributed by atoms with van der Waals surface area (Å²) < 4.78 is 0. The van der Waals surface area contributed by atoms with Crippen LogP contribution >= 0.6 is 0 Å². The van der Waals surface area contributed by atoms with Crippen LogP contribution in [0.5, 0.6) is 0 Å². The Balaban J connectivity index is 1.40. The van der Waals surface area contributed by atoms with E-state index in [0.717, 1.165) is 55.1 Å². The zero-order valence-corrected chi connectivity index (χ0v) is 14.2. The van der Waals surface area contributed by atoms with Crippen LogP contribution in [0.4, 0.5) is 5.82 Å². The van der Waals surface area contributed by atoms with E-state index in [-0.39, 0.29) is 5.56 Å². The van der Waals surface area contributed by atoms with Gasteiger partial charge in [0.1, 0.15) is 11.9 Å². The summed E-state index contributed by atoms with van der Waals surface area (Å²) in [5.74, 6) is 0.911. The Bertz CT molecular complexity index is 1010. The molecule has 1 aliphatic heterocycles. The zero-order valence-electron chi connectivity index (χ0n) is 14.2. The lowest BCUT2D eigenvalue weighted by Gasteiger charge is -2.35. The molecule has 4 rings (SSSR count). The number of anilines is 1. The van der Waals surface area contributed by atoms with Crippen LogP contribution < -0.4 is 10.5 Å². The first kappa shape index (κ1) is 16.2. The van der Waals surface area contributed by atoms with Gasteiger partial charge in [0.05, 0.1) is 16.6 Å². The maximum atomic E-state index is 11.5. The lowest BCUT2D eigenvalue weighted by Crippen LogP contribution is -2.46. The fourth-order valence-corrected chi connectivity index (χ4v) is 3.20. The van der Waals surface area contributed by atoms with Crippen LogP contribution in [0.3, 0.4) is 0 Å². The van der Waals surface area contributed by atoms with Crippen molar-refractivity contribution in [2.45, 2.75) is 6.54 Å². The van der Waals surface area contributed by atoms with Crippen LogP contribution in [0.25, 0.3) is 11.0 Å². The number of nitrogens with one attached hydrogen (secondary N) is 1. The number of nitriles is 1. The molecule has 1 saturated heterocycles. The van der Waals surface area contributed by atoms with Crippen molar-refractivity contribution in [3.05, 3.63) is 64.2 Å². The van der Waals surface area contributed by atoms with Crippen LogP contribution in [0.1, 0.15) is 11.1 Å². The fourth-order valence-electron chi connectivity index (χ4n) is 3.20. The molecule has 4 heterocycles. The van der Waals surface area contributed by atoms with Crippen molar-refractivity contribution in [2.24, 2.45) is 0 Å². The van der Waals surface area contributed by atoms with E-state index in [9.17, 15) is 4.79 Å². The highest BCUT2D eigenvalue weighted by atomic mass is 16.1. The first-order valence-corrected chi connectivity index (χ1v) is 8.53. The largest absolute Gasteiger partial charge is 0.354 e. The van der Waals surface area contributed by atoms with Gasteiger partial charge in [-0.1, -0.05) is 0 Å². The number of rotatable bonds is 3. The molecule has 0 amide bonds. The number of hydrogen-bond donors (Lipinski definition) is 1. The molecule has 0 bridgehead atoms. The van der Waals surface area contributed by atoms with Crippen LogP contribution in [0, 0.1) is 11.3 Å². The third kappa shape index (κ3) is 3.41. The molecule has 1 N–H and O–H groups in total. The van der Waals surface area contributed by atoms with E-state index in [4.69, 9.17) is 5.26 Å². The molecular weight excluding hydrogens is 328 g/mol. The van der Waals surface area contributed by atoms with Gasteiger partial charge in [-0.25, -0.2) is 4.98 Å². The Morgan fingerprint density at radius 2 is 1.92 bits per heavy atom. The molecule has 7 heteroatoms. The number of hydrogen-bond acceptors (Lipinski definition) is 6. The molecule has 130 valence electrons. The second-order valence-corrected chi connectivity index (χ2v) is 6.38. The normalized spacial score (nSPS) is 15.1. The van der Waals surface area contributed by atoms with Gasteiger partial charge in [0.25, 0.3) is 0 Å². The molecular formula is C19H18N6O. The Hall–Kier alpha value is -3.24. The first-order chi connectivity index (χ1) is 12.7. The number of H-pyrrole nitrogens is 1. The van der Waals surface area contributed by atoms with Crippen molar-refractivity contribution in [3.63, 3.8) is 0 Å². The molecule has 0 aliphatic carbocycles. The predicted octanol–water partition coefficient (Wildman–Crippen LogP) is 1.51. The van der Waals surface area contributed by atoms with E-state index >= 15 is 0 Å². The fraction of sp³-hybridized carbons (Fsp3) is 0.263. The summed E-state index contributed by atoms with van der Waals surface area (Å²) in [6.45, 7) is 4.41. The van der Waals surface area contributed by atoms with Crippen LogP contribution in [0.2, 0.25) is 0 Å². The number of aromatic nitrogens is 3. The molecule has 1 aliphatic rings. The minimum Gasteiger partial charge on any atom is -0.354 e. The number of piperazine rings is 1. The maximum Gasteiger partial charge on any atom is 0.248 e. The molecule has 7 nitrogen and oxygen atoms in total. The Morgan fingerprint density at radius 1 is 1.08 bits per heavy atom. The Kier molecular flexibility index (Phi) is 4.33. The summed E-state index contributed by atoms with van der Waals surface area (Å²) >= 11 is 0. The maximum absolute atomic E-state index is 11.5. The number of fused-ring (bicyclic) bond motifs is 1. The molecule has 0 aromatic carbocycles. The highest BCUT2D eigenvalue weighted by Crippen LogP contribution is 2.16. The van der Waals surface area contributed by atoms with Gasteiger partial charge in [0.2, 0.25) is 5.56 Å². The van der Waals surface area contributed by atoms with Crippen molar-refractivity contribution >= 4 is 16.9 Å². The van der Waals surface area contributed by atoms with Gasteiger partial charge < -0.3 is 9.88 Å².